The maximum Gasteiger partial charge on any atom is 0.214 e. The van der Waals surface area contributed by atoms with E-state index in [0.717, 1.165) is 39.4 Å². The molecule has 2 aromatic heterocycles. The summed E-state index contributed by atoms with van der Waals surface area (Å²) in [6.07, 6.45) is 0. The third-order valence-corrected chi connectivity index (χ3v) is 5.11. The van der Waals surface area contributed by atoms with Crippen molar-refractivity contribution >= 4 is 22.8 Å². The first-order valence-corrected chi connectivity index (χ1v) is 9.42. The molecule has 0 fully saturated rings. The van der Waals surface area contributed by atoms with Gasteiger partial charge in [-0.3, -0.25) is 0 Å². The lowest BCUT2D eigenvalue weighted by molar-refractivity contribution is 0.410. The Bertz CT molecular complexity index is 1110. The largest absolute Gasteiger partial charge is 0.494 e. The highest BCUT2D eigenvalue weighted by molar-refractivity contribution is 7.98. The van der Waals surface area contributed by atoms with Gasteiger partial charge in [0, 0.05) is 5.75 Å². The lowest BCUT2D eigenvalue weighted by Gasteiger charge is -2.10. The van der Waals surface area contributed by atoms with Gasteiger partial charge in [0.1, 0.15) is 11.4 Å². The second-order valence-corrected chi connectivity index (χ2v) is 7.02. The predicted octanol–water partition coefficient (Wildman–Crippen LogP) is 3.52. The van der Waals surface area contributed by atoms with E-state index in [1.54, 1.807) is 11.8 Å². The molecule has 0 radical (unpaired) electrons. The van der Waals surface area contributed by atoms with E-state index in [0.29, 0.717) is 10.9 Å². The number of aryl methyl sites for hydroxylation is 2. The van der Waals surface area contributed by atoms with E-state index in [-0.39, 0.29) is 0 Å². The first-order chi connectivity index (χ1) is 13.2. The average Bonchev–Trinajstić information content (AvgIpc) is 3.14. The molecule has 0 unspecified atom stereocenters. The van der Waals surface area contributed by atoms with Gasteiger partial charge in [0.2, 0.25) is 5.16 Å². The summed E-state index contributed by atoms with van der Waals surface area (Å²) in [5, 5.41) is 12.8. The first kappa shape index (κ1) is 17.4. The fourth-order valence-corrected chi connectivity index (χ4v) is 3.67. The van der Waals surface area contributed by atoms with Gasteiger partial charge in [-0.05, 0) is 54.1 Å². The zero-order chi connectivity index (χ0) is 18.8. The number of benzene rings is 2. The molecule has 136 valence electrons. The Hall–Kier alpha value is -3.00. The molecule has 0 bridgehead atoms. The van der Waals surface area contributed by atoms with Crippen LogP contribution in [-0.2, 0) is 5.75 Å². The Morgan fingerprint density at radius 2 is 1.81 bits per heavy atom. The van der Waals surface area contributed by atoms with Crippen molar-refractivity contribution in [2.75, 3.05) is 7.11 Å². The number of tetrazole rings is 1. The second kappa shape index (κ2) is 7.32. The van der Waals surface area contributed by atoms with Crippen LogP contribution in [0.15, 0.2) is 47.6 Å². The molecule has 0 amide bonds. The van der Waals surface area contributed by atoms with Crippen molar-refractivity contribution in [3.05, 3.63) is 59.4 Å². The van der Waals surface area contributed by atoms with Crippen molar-refractivity contribution < 1.29 is 4.74 Å². The summed E-state index contributed by atoms with van der Waals surface area (Å²) in [7, 11) is 1.64. The number of ether oxygens (including phenoxy) is 1. The van der Waals surface area contributed by atoms with Crippen molar-refractivity contribution in [2.24, 2.45) is 0 Å². The van der Waals surface area contributed by atoms with E-state index >= 15 is 0 Å². The standard InChI is InChI=1S/C19H18N6OS/c1-12-8-9-18(26-3)17(10-12)25-19(22-23-24-25)27-11-16-13(2)20-14-6-4-5-7-15(14)21-16/h4-10H,11H2,1-3H3. The number of thioether (sulfide) groups is 1. The Labute approximate surface area is 160 Å². The summed E-state index contributed by atoms with van der Waals surface area (Å²) in [6.45, 7) is 4.00. The Morgan fingerprint density at radius 3 is 2.59 bits per heavy atom. The van der Waals surface area contributed by atoms with Gasteiger partial charge in [-0.25, -0.2) is 9.97 Å². The van der Waals surface area contributed by atoms with Gasteiger partial charge >= 0.3 is 0 Å². The predicted molar refractivity (Wildman–Crippen MR) is 104 cm³/mol. The molecule has 0 saturated carbocycles. The van der Waals surface area contributed by atoms with Crippen LogP contribution in [0.5, 0.6) is 5.75 Å². The van der Waals surface area contributed by atoms with Crippen LogP contribution < -0.4 is 4.74 Å². The van der Waals surface area contributed by atoms with E-state index in [2.05, 4.69) is 20.5 Å². The molecule has 7 nitrogen and oxygen atoms in total. The van der Waals surface area contributed by atoms with Crippen LogP contribution in [0.1, 0.15) is 17.0 Å². The van der Waals surface area contributed by atoms with Crippen molar-refractivity contribution in [1.82, 2.24) is 30.2 Å². The number of fused-ring (bicyclic) bond motifs is 1. The molecule has 0 aliphatic rings. The quantitative estimate of drug-likeness (QED) is 0.492. The number of hydrogen-bond donors (Lipinski definition) is 0. The lowest BCUT2D eigenvalue weighted by Crippen LogP contribution is -2.03. The number of aromatic nitrogens is 6. The molecule has 27 heavy (non-hydrogen) atoms. The minimum Gasteiger partial charge on any atom is -0.494 e. The van der Waals surface area contributed by atoms with Crippen molar-refractivity contribution in [1.29, 1.82) is 0 Å². The maximum absolute atomic E-state index is 5.46. The molecule has 0 atom stereocenters. The molecule has 2 heterocycles. The van der Waals surface area contributed by atoms with Crippen LogP contribution in [0.2, 0.25) is 0 Å². The highest BCUT2D eigenvalue weighted by Gasteiger charge is 2.15. The van der Waals surface area contributed by atoms with Gasteiger partial charge in [0.05, 0.1) is 29.5 Å². The summed E-state index contributed by atoms with van der Waals surface area (Å²) < 4.78 is 7.16. The fraction of sp³-hybridized carbons (Fsp3) is 0.211. The van der Waals surface area contributed by atoms with E-state index < -0.39 is 0 Å². The Morgan fingerprint density at radius 1 is 1.04 bits per heavy atom. The molecular weight excluding hydrogens is 360 g/mol. The third-order valence-electron chi connectivity index (χ3n) is 4.18. The molecule has 4 aromatic rings. The van der Waals surface area contributed by atoms with E-state index in [1.807, 2.05) is 56.3 Å². The summed E-state index contributed by atoms with van der Waals surface area (Å²) >= 11 is 1.52. The molecule has 0 aliphatic carbocycles. The minimum absolute atomic E-state index is 0.623. The molecule has 0 N–H and O–H groups in total. The minimum atomic E-state index is 0.623. The molecule has 0 saturated heterocycles. The van der Waals surface area contributed by atoms with Crippen molar-refractivity contribution in [3.63, 3.8) is 0 Å². The summed E-state index contributed by atoms with van der Waals surface area (Å²) in [5.74, 6) is 1.34. The average molecular weight is 378 g/mol. The zero-order valence-electron chi connectivity index (χ0n) is 15.2. The number of nitrogens with zero attached hydrogens (tertiary/aromatic N) is 6. The van der Waals surface area contributed by atoms with Gasteiger partial charge < -0.3 is 4.74 Å². The maximum atomic E-state index is 5.46. The van der Waals surface area contributed by atoms with Crippen molar-refractivity contribution in [2.45, 2.75) is 24.8 Å². The molecule has 2 aromatic carbocycles. The highest BCUT2D eigenvalue weighted by Crippen LogP contribution is 2.28. The topological polar surface area (TPSA) is 78.6 Å². The molecule has 0 aliphatic heterocycles. The molecular formula is C19H18N6OS. The Kier molecular flexibility index (Phi) is 4.72. The molecule has 8 heteroatoms. The SMILES string of the molecule is COc1ccc(C)cc1-n1nnnc1SCc1nc2ccccc2nc1C. The molecule has 4 rings (SSSR count). The first-order valence-electron chi connectivity index (χ1n) is 8.44. The third kappa shape index (κ3) is 3.48. The summed E-state index contributed by atoms with van der Waals surface area (Å²) in [4.78, 5) is 9.38. The smallest absolute Gasteiger partial charge is 0.214 e. The van der Waals surface area contributed by atoms with Crippen LogP contribution in [0.3, 0.4) is 0 Å². The summed E-state index contributed by atoms with van der Waals surface area (Å²) in [6, 6.07) is 13.8. The normalized spacial score (nSPS) is 11.1. The number of para-hydroxylation sites is 2. The van der Waals surface area contributed by atoms with Crippen LogP contribution in [0.4, 0.5) is 0 Å². The lowest BCUT2D eigenvalue weighted by atomic mass is 10.2. The monoisotopic (exact) mass is 378 g/mol. The van der Waals surface area contributed by atoms with Crippen LogP contribution >= 0.6 is 11.8 Å². The number of methoxy groups -OCH3 is 1. The van der Waals surface area contributed by atoms with Gasteiger partial charge in [0.15, 0.2) is 0 Å². The molecule has 0 spiro atoms. The van der Waals surface area contributed by atoms with E-state index in [4.69, 9.17) is 9.72 Å². The number of rotatable bonds is 5. The van der Waals surface area contributed by atoms with Gasteiger partial charge in [-0.1, -0.05) is 30.0 Å². The van der Waals surface area contributed by atoms with Crippen LogP contribution in [0.25, 0.3) is 16.7 Å². The van der Waals surface area contributed by atoms with E-state index in [9.17, 15) is 0 Å². The second-order valence-electron chi connectivity index (χ2n) is 6.08. The van der Waals surface area contributed by atoms with Gasteiger partial charge in [-0.2, -0.15) is 4.68 Å². The zero-order valence-corrected chi connectivity index (χ0v) is 16.1. The van der Waals surface area contributed by atoms with Crippen LogP contribution in [-0.4, -0.2) is 37.3 Å². The fourth-order valence-electron chi connectivity index (χ4n) is 2.78. The van der Waals surface area contributed by atoms with Gasteiger partial charge in [-0.15, -0.1) is 5.10 Å². The number of hydrogen-bond acceptors (Lipinski definition) is 7. The van der Waals surface area contributed by atoms with Crippen LogP contribution in [0, 0.1) is 13.8 Å². The summed E-state index contributed by atoms with van der Waals surface area (Å²) in [5.41, 5.74) is 5.54. The highest BCUT2D eigenvalue weighted by atomic mass is 32.2. The van der Waals surface area contributed by atoms with Crippen molar-refractivity contribution in [3.8, 4) is 11.4 Å². The van der Waals surface area contributed by atoms with E-state index in [1.165, 1.54) is 11.8 Å². The Balaban J connectivity index is 1.63. The van der Waals surface area contributed by atoms with Gasteiger partial charge in [0.25, 0.3) is 0 Å².